The Morgan fingerprint density at radius 3 is 2.67 bits per heavy atom. The highest BCUT2D eigenvalue weighted by molar-refractivity contribution is 9.10. The van der Waals surface area contributed by atoms with Gasteiger partial charge < -0.3 is 4.90 Å². The largest absolute Gasteiger partial charge is 0.310 e. The third kappa shape index (κ3) is 3.49. The Hall–Kier alpha value is -1.79. The molecule has 0 spiro atoms. The van der Waals surface area contributed by atoms with Gasteiger partial charge in [0.2, 0.25) is 5.91 Å². The number of anilines is 1. The van der Waals surface area contributed by atoms with Crippen molar-refractivity contribution < 1.29 is 13.6 Å². The van der Waals surface area contributed by atoms with E-state index in [-0.39, 0.29) is 18.5 Å². The Morgan fingerprint density at radius 2 is 1.96 bits per heavy atom. The van der Waals surface area contributed by atoms with Crippen LogP contribution in [0.2, 0.25) is 0 Å². The first-order valence-corrected chi connectivity index (χ1v) is 8.50. The maximum Gasteiger partial charge on any atom is 0.244 e. The fourth-order valence-electron chi connectivity index (χ4n) is 2.90. The average molecular weight is 395 g/mol. The van der Waals surface area contributed by atoms with Gasteiger partial charge in [-0.25, -0.2) is 8.78 Å². The molecule has 1 amide bonds. The topological polar surface area (TPSA) is 23.6 Å². The summed E-state index contributed by atoms with van der Waals surface area (Å²) in [5.74, 6) is -1.20. The van der Waals surface area contributed by atoms with E-state index < -0.39 is 11.6 Å². The summed E-state index contributed by atoms with van der Waals surface area (Å²) < 4.78 is 27.8. The first-order chi connectivity index (χ1) is 11.5. The standard InChI is InChI=1S/C18H17BrF2N2O/c1-12-18(24)23(16-4-2-3-14(19)9-16)8-7-22(12)11-13-5-6-15(20)10-17(13)21/h2-6,9-10,12H,7-8,11H2,1H3/t12-/m0/s1. The Labute approximate surface area is 148 Å². The van der Waals surface area contributed by atoms with Crippen molar-refractivity contribution in [2.45, 2.75) is 19.5 Å². The second-order valence-electron chi connectivity index (χ2n) is 5.85. The van der Waals surface area contributed by atoms with Crippen molar-refractivity contribution in [2.24, 2.45) is 0 Å². The van der Waals surface area contributed by atoms with Crippen molar-refractivity contribution >= 4 is 27.5 Å². The van der Waals surface area contributed by atoms with Crippen LogP contribution in [0.5, 0.6) is 0 Å². The molecule has 6 heteroatoms. The minimum atomic E-state index is -0.597. The molecule has 0 aliphatic carbocycles. The molecule has 0 bridgehead atoms. The van der Waals surface area contributed by atoms with Gasteiger partial charge in [-0.05, 0) is 31.2 Å². The lowest BCUT2D eigenvalue weighted by molar-refractivity contribution is -0.125. The van der Waals surface area contributed by atoms with Gasteiger partial charge in [0.05, 0.1) is 6.04 Å². The van der Waals surface area contributed by atoms with Crippen LogP contribution < -0.4 is 4.90 Å². The number of halogens is 3. The van der Waals surface area contributed by atoms with Gasteiger partial charge >= 0.3 is 0 Å². The van der Waals surface area contributed by atoms with Crippen LogP contribution in [0, 0.1) is 11.6 Å². The van der Waals surface area contributed by atoms with Crippen molar-refractivity contribution in [3.05, 3.63) is 64.1 Å². The number of amides is 1. The molecule has 3 nitrogen and oxygen atoms in total. The fourth-order valence-corrected chi connectivity index (χ4v) is 3.29. The predicted molar refractivity (Wildman–Crippen MR) is 92.7 cm³/mol. The number of rotatable bonds is 3. The van der Waals surface area contributed by atoms with Gasteiger partial charge in [-0.15, -0.1) is 0 Å². The number of carbonyl (C=O) groups is 1. The van der Waals surface area contributed by atoms with E-state index in [0.29, 0.717) is 18.7 Å². The summed E-state index contributed by atoms with van der Waals surface area (Å²) in [6.07, 6.45) is 0. The number of carbonyl (C=O) groups excluding carboxylic acids is 1. The van der Waals surface area contributed by atoms with Gasteiger partial charge in [-0.2, -0.15) is 0 Å². The van der Waals surface area contributed by atoms with Gasteiger partial charge in [0.1, 0.15) is 11.6 Å². The lowest BCUT2D eigenvalue weighted by Crippen LogP contribution is -2.55. The minimum Gasteiger partial charge on any atom is -0.310 e. The summed E-state index contributed by atoms with van der Waals surface area (Å²) in [6.45, 7) is 3.25. The molecule has 1 saturated heterocycles. The Balaban J connectivity index is 1.75. The monoisotopic (exact) mass is 394 g/mol. The van der Waals surface area contributed by atoms with Crippen LogP contribution in [0.15, 0.2) is 46.9 Å². The lowest BCUT2D eigenvalue weighted by Gasteiger charge is -2.39. The lowest BCUT2D eigenvalue weighted by atomic mass is 10.1. The van der Waals surface area contributed by atoms with Crippen molar-refractivity contribution in [1.29, 1.82) is 0 Å². The normalized spacial score (nSPS) is 18.9. The van der Waals surface area contributed by atoms with Gasteiger partial charge in [0, 0.05) is 41.4 Å². The van der Waals surface area contributed by atoms with E-state index in [2.05, 4.69) is 15.9 Å². The van der Waals surface area contributed by atoms with Gasteiger partial charge in [-0.1, -0.05) is 28.1 Å². The molecule has 0 saturated carbocycles. The van der Waals surface area contributed by atoms with Crippen LogP contribution in [-0.4, -0.2) is 29.9 Å². The molecule has 1 fully saturated rings. The highest BCUT2D eigenvalue weighted by Gasteiger charge is 2.32. The van der Waals surface area contributed by atoms with Gasteiger partial charge in [0.25, 0.3) is 0 Å². The fraction of sp³-hybridized carbons (Fsp3) is 0.278. The van der Waals surface area contributed by atoms with Gasteiger partial charge in [0.15, 0.2) is 0 Å². The summed E-state index contributed by atoms with van der Waals surface area (Å²) >= 11 is 3.41. The van der Waals surface area contributed by atoms with Crippen LogP contribution in [-0.2, 0) is 11.3 Å². The molecule has 0 radical (unpaired) electrons. The first-order valence-electron chi connectivity index (χ1n) is 7.70. The van der Waals surface area contributed by atoms with E-state index in [1.165, 1.54) is 12.1 Å². The van der Waals surface area contributed by atoms with Crippen LogP contribution in [0.3, 0.4) is 0 Å². The van der Waals surface area contributed by atoms with E-state index >= 15 is 0 Å². The summed E-state index contributed by atoms with van der Waals surface area (Å²) in [7, 11) is 0. The van der Waals surface area contributed by atoms with Crippen molar-refractivity contribution in [3.63, 3.8) is 0 Å². The summed E-state index contributed by atoms with van der Waals surface area (Å²) in [6, 6.07) is 10.8. The molecule has 1 heterocycles. The molecule has 2 aromatic carbocycles. The highest BCUT2D eigenvalue weighted by Crippen LogP contribution is 2.25. The molecule has 1 aliphatic rings. The van der Waals surface area contributed by atoms with Crippen molar-refractivity contribution in [1.82, 2.24) is 4.90 Å². The first kappa shape index (κ1) is 17.0. The van der Waals surface area contributed by atoms with Gasteiger partial charge in [-0.3, -0.25) is 9.69 Å². The second kappa shape index (κ2) is 6.99. The smallest absolute Gasteiger partial charge is 0.244 e. The Morgan fingerprint density at radius 1 is 1.17 bits per heavy atom. The Kier molecular flexibility index (Phi) is 4.96. The number of hydrogen-bond acceptors (Lipinski definition) is 2. The molecular weight excluding hydrogens is 378 g/mol. The molecule has 126 valence electrons. The number of nitrogens with zero attached hydrogens (tertiary/aromatic N) is 2. The second-order valence-corrected chi connectivity index (χ2v) is 6.77. The summed E-state index contributed by atoms with van der Waals surface area (Å²) in [5.41, 5.74) is 1.24. The quantitative estimate of drug-likeness (QED) is 0.786. The minimum absolute atomic E-state index is 0.0260. The number of piperazine rings is 1. The molecule has 1 atom stereocenters. The van der Waals surface area contributed by atoms with E-state index in [4.69, 9.17) is 0 Å². The van der Waals surface area contributed by atoms with E-state index in [0.717, 1.165) is 16.2 Å². The zero-order valence-electron chi connectivity index (χ0n) is 13.2. The molecule has 0 N–H and O–H groups in total. The van der Waals surface area contributed by atoms with E-state index in [9.17, 15) is 13.6 Å². The molecule has 0 unspecified atom stereocenters. The molecule has 24 heavy (non-hydrogen) atoms. The highest BCUT2D eigenvalue weighted by atomic mass is 79.9. The Bertz CT molecular complexity index is 768. The molecule has 3 rings (SSSR count). The van der Waals surface area contributed by atoms with Crippen LogP contribution in [0.25, 0.3) is 0 Å². The SMILES string of the molecule is C[C@H]1C(=O)N(c2cccc(Br)c2)CCN1Cc1ccc(F)cc1F. The molecule has 1 aliphatic heterocycles. The van der Waals surface area contributed by atoms with E-state index in [1.807, 2.05) is 36.1 Å². The zero-order chi connectivity index (χ0) is 17.3. The van der Waals surface area contributed by atoms with Crippen LogP contribution in [0.4, 0.5) is 14.5 Å². The maximum absolute atomic E-state index is 13.8. The number of benzene rings is 2. The maximum atomic E-state index is 13.8. The third-order valence-electron chi connectivity index (χ3n) is 4.29. The van der Waals surface area contributed by atoms with Crippen LogP contribution >= 0.6 is 15.9 Å². The van der Waals surface area contributed by atoms with E-state index in [1.54, 1.807) is 4.90 Å². The molecule has 0 aromatic heterocycles. The molecule has 2 aromatic rings. The zero-order valence-corrected chi connectivity index (χ0v) is 14.8. The summed E-state index contributed by atoms with van der Waals surface area (Å²) in [5, 5.41) is 0. The predicted octanol–water partition coefficient (Wildman–Crippen LogP) is 3.96. The third-order valence-corrected chi connectivity index (χ3v) is 4.78. The van der Waals surface area contributed by atoms with Crippen LogP contribution in [0.1, 0.15) is 12.5 Å². The number of hydrogen-bond donors (Lipinski definition) is 0. The van der Waals surface area contributed by atoms with Crippen molar-refractivity contribution in [3.8, 4) is 0 Å². The van der Waals surface area contributed by atoms with Crippen molar-refractivity contribution in [2.75, 3.05) is 18.0 Å². The molecular formula is C18H17BrF2N2O. The average Bonchev–Trinajstić information content (AvgIpc) is 2.54. The summed E-state index contributed by atoms with van der Waals surface area (Å²) in [4.78, 5) is 16.3.